The number of nitrogens with zero attached hydrogens (tertiary/aromatic N) is 4. The van der Waals surface area contributed by atoms with Gasteiger partial charge in [0.15, 0.2) is 5.65 Å². The monoisotopic (exact) mass is 296 g/mol. The van der Waals surface area contributed by atoms with Gasteiger partial charge < -0.3 is 0 Å². The lowest BCUT2D eigenvalue weighted by atomic mass is 10.1. The molecule has 0 saturated carbocycles. The molecular formula is C16H13ClN4. The van der Waals surface area contributed by atoms with Gasteiger partial charge in [0.25, 0.3) is 0 Å². The summed E-state index contributed by atoms with van der Waals surface area (Å²) >= 11 is 5.88. The number of halogens is 1. The fourth-order valence-corrected chi connectivity index (χ4v) is 2.51. The Bertz CT molecular complexity index is 799. The average molecular weight is 297 g/mol. The van der Waals surface area contributed by atoms with Gasteiger partial charge in [-0.3, -0.25) is 4.57 Å². The summed E-state index contributed by atoms with van der Waals surface area (Å²) in [7, 11) is 0. The van der Waals surface area contributed by atoms with Crippen LogP contribution in [0, 0.1) is 11.3 Å². The number of nitriles is 1. The molecule has 2 aromatic heterocycles. The Hall–Kier alpha value is -2.38. The van der Waals surface area contributed by atoms with Crippen LogP contribution in [-0.2, 0) is 12.8 Å². The topological polar surface area (TPSA) is 54.5 Å². The molecule has 0 N–H and O–H groups in total. The first-order valence-electron chi connectivity index (χ1n) is 6.68. The molecule has 0 unspecified atom stereocenters. The highest BCUT2D eigenvalue weighted by Crippen LogP contribution is 2.21. The smallest absolute Gasteiger partial charge is 0.164 e. The van der Waals surface area contributed by atoms with Crippen LogP contribution in [0.25, 0.3) is 16.9 Å². The van der Waals surface area contributed by atoms with Crippen LogP contribution in [0.2, 0.25) is 0 Å². The minimum absolute atomic E-state index is 0.414. The molecule has 3 rings (SSSR count). The zero-order chi connectivity index (χ0) is 14.7. The van der Waals surface area contributed by atoms with E-state index >= 15 is 0 Å². The Morgan fingerprint density at radius 3 is 2.71 bits per heavy atom. The predicted octanol–water partition coefficient (Wildman–Crippen LogP) is 3.27. The third kappa shape index (κ3) is 2.61. The summed E-state index contributed by atoms with van der Waals surface area (Å²) in [5.41, 5.74) is 3.67. The van der Waals surface area contributed by atoms with Crippen LogP contribution in [-0.4, -0.2) is 20.4 Å². The van der Waals surface area contributed by atoms with Gasteiger partial charge in [-0.05, 0) is 29.8 Å². The van der Waals surface area contributed by atoms with Crippen molar-refractivity contribution in [3.63, 3.8) is 0 Å². The standard InChI is InChI=1S/C16H13ClN4/c17-9-7-15-20-14-2-1-11-19-16(14)21(15)13-5-3-12(4-6-13)8-10-18/h1-6,11H,7-9H2. The summed E-state index contributed by atoms with van der Waals surface area (Å²) in [5, 5.41) is 8.74. The largest absolute Gasteiger partial charge is 0.281 e. The minimum Gasteiger partial charge on any atom is -0.281 e. The number of pyridine rings is 1. The maximum Gasteiger partial charge on any atom is 0.164 e. The fourth-order valence-electron chi connectivity index (χ4n) is 2.34. The first-order valence-corrected chi connectivity index (χ1v) is 7.21. The number of aromatic nitrogens is 3. The van der Waals surface area contributed by atoms with Crippen LogP contribution in [0.5, 0.6) is 0 Å². The molecule has 104 valence electrons. The molecule has 21 heavy (non-hydrogen) atoms. The van der Waals surface area contributed by atoms with Crippen molar-refractivity contribution in [3.05, 3.63) is 54.0 Å². The highest BCUT2D eigenvalue weighted by atomic mass is 35.5. The van der Waals surface area contributed by atoms with Gasteiger partial charge in [0.1, 0.15) is 11.3 Å². The van der Waals surface area contributed by atoms with Crippen LogP contribution in [0.3, 0.4) is 0 Å². The first kappa shape index (κ1) is 13.6. The van der Waals surface area contributed by atoms with E-state index in [1.54, 1.807) is 6.20 Å². The van der Waals surface area contributed by atoms with Gasteiger partial charge in [-0.1, -0.05) is 12.1 Å². The summed E-state index contributed by atoms with van der Waals surface area (Å²) in [6, 6.07) is 13.9. The Kier molecular flexibility index (Phi) is 3.85. The molecule has 0 spiro atoms. The molecule has 0 radical (unpaired) electrons. The summed E-state index contributed by atoms with van der Waals surface area (Å²) in [6.07, 6.45) is 2.85. The van der Waals surface area contributed by atoms with E-state index in [0.29, 0.717) is 18.7 Å². The van der Waals surface area contributed by atoms with Crippen LogP contribution < -0.4 is 0 Å². The number of fused-ring (bicyclic) bond motifs is 1. The van der Waals surface area contributed by atoms with E-state index in [1.807, 2.05) is 41.0 Å². The Morgan fingerprint density at radius 2 is 2.00 bits per heavy atom. The summed E-state index contributed by atoms with van der Waals surface area (Å²) in [5.74, 6) is 1.40. The van der Waals surface area contributed by atoms with Crippen molar-refractivity contribution in [2.45, 2.75) is 12.8 Å². The summed E-state index contributed by atoms with van der Waals surface area (Å²) in [4.78, 5) is 9.03. The Labute approximate surface area is 127 Å². The van der Waals surface area contributed by atoms with Crippen LogP contribution >= 0.6 is 11.6 Å². The SMILES string of the molecule is N#CCc1ccc(-n2c(CCCl)nc3cccnc32)cc1. The molecule has 0 fully saturated rings. The van der Waals surface area contributed by atoms with E-state index in [0.717, 1.165) is 28.2 Å². The van der Waals surface area contributed by atoms with Gasteiger partial charge in [0, 0.05) is 24.2 Å². The van der Waals surface area contributed by atoms with Crippen molar-refractivity contribution < 1.29 is 0 Å². The molecule has 4 nitrogen and oxygen atoms in total. The molecule has 0 aliphatic heterocycles. The molecule has 1 aromatic carbocycles. The van der Waals surface area contributed by atoms with E-state index in [9.17, 15) is 0 Å². The van der Waals surface area contributed by atoms with Crippen LogP contribution in [0.4, 0.5) is 0 Å². The molecule has 0 saturated heterocycles. The normalized spacial score (nSPS) is 10.7. The lowest BCUT2D eigenvalue weighted by Crippen LogP contribution is -2.03. The summed E-state index contributed by atoms with van der Waals surface area (Å²) < 4.78 is 2.02. The second kappa shape index (κ2) is 5.94. The third-order valence-corrected chi connectivity index (χ3v) is 3.47. The fraction of sp³-hybridized carbons (Fsp3) is 0.188. The number of aryl methyl sites for hydroxylation is 1. The second-order valence-corrected chi connectivity index (χ2v) is 5.03. The van der Waals surface area contributed by atoms with E-state index < -0.39 is 0 Å². The lowest BCUT2D eigenvalue weighted by molar-refractivity contribution is 0.904. The third-order valence-electron chi connectivity index (χ3n) is 3.28. The van der Waals surface area contributed by atoms with E-state index in [-0.39, 0.29) is 0 Å². The molecule has 2 heterocycles. The number of hydrogen-bond donors (Lipinski definition) is 0. The van der Waals surface area contributed by atoms with Gasteiger partial charge in [-0.25, -0.2) is 9.97 Å². The number of rotatable bonds is 4. The van der Waals surface area contributed by atoms with Crippen molar-refractivity contribution in [2.24, 2.45) is 0 Å². The van der Waals surface area contributed by atoms with Crippen molar-refractivity contribution in [2.75, 3.05) is 5.88 Å². The highest BCUT2D eigenvalue weighted by molar-refractivity contribution is 6.17. The summed E-state index contributed by atoms with van der Waals surface area (Å²) in [6.45, 7) is 0. The molecule has 3 aromatic rings. The lowest BCUT2D eigenvalue weighted by Gasteiger charge is -2.08. The molecule has 0 aliphatic rings. The maximum absolute atomic E-state index is 8.74. The molecule has 0 atom stereocenters. The van der Waals surface area contributed by atoms with Gasteiger partial charge in [0.05, 0.1) is 12.5 Å². The van der Waals surface area contributed by atoms with Crippen molar-refractivity contribution in [1.82, 2.24) is 14.5 Å². The molecule has 5 heteroatoms. The Morgan fingerprint density at radius 1 is 1.19 bits per heavy atom. The van der Waals surface area contributed by atoms with Crippen molar-refractivity contribution in [1.29, 1.82) is 5.26 Å². The zero-order valence-electron chi connectivity index (χ0n) is 11.3. The van der Waals surface area contributed by atoms with Crippen LogP contribution in [0.1, 0.15) is 11.4 Å². The molecule has 0 bridgehead atoms. The number of imidazole rings is 1. The van der Waals surface area contributed by atoms with E-state index in [1.165, 1.54) is 0 Å². The predicted molar refractivity (Wildman–Crippen MR) is 82.6 cm³/mol. The quantitative estimate of drug-likeness (QED) is 0.694. The average Bonchev–Trinajstić information content (AvgIpc) is 2.87. The number of hydrogen-bond acceptors (Lipinski definition) is 3. The van der Waals surface area contributed by atoms with Crippen molar-refractivity contribution >= 4 is 22.8 Å². The van der Waals surface area contributed by atoms with E-state index in [4.69, 9.17) is 16.9 Å². The number of benzene rings is 1. The van der Waals surface area contributed by atoms with Crippen molar-refractivity contribution in [3.8, 4) is 11.8 Å². The Balaban J connectivity index is 2.13. The van der Waals surface area contributed by atoms with Gasteiger partial charge in [-0.2, -0.15) is 5.26 Å². The first-order chi connectivity index (χ1) is 10.3. The maximum atomic E-state index is 8.74. The van der Waals surface area contributed by atoms with Gasteiger partial charge in [0.2, 0.25) is 0 Å². The highest BCUT2D eigenvalue weighted by Gasteiger charge is 2.12. The molecular weight excluding hydrogens is 284 g/mol. The number of alkyl halides is 1. The van der Waals surface area contributed by atoms with Gasteiger partial charge >= 0.3 is 0 Å². The second-order valence-electron chi connectivity index (χ2n) is 4.65. The van der Waals surface area contributed by atoms with Crippen LogP contribution in [0.15, 0.2) is 42.6 Å². The molecule has 0 amide bonds. The zero-order valence-corrected chi connectivity index (χ0v) is 12.1. The van der Waals surface area contributed by atoms with E-state index in [2.05, 4.69) is 16.0 Å². The molecule has 0 aliphatic carbocycles. The van der Waals surface area contributed by atoms with Gasteiger partial charge in [-0.15, -0.1) is 11.6 Å². The minimum atomic E-state index is 0.414.